The molecule has 7 heteroatoms. The molecule has 0 aliphatic carbocycles. The van der Waals surface area contributed by atoms with Gasteiger partial charge in [0.1, 0.15) is 0 Å². The average molecular weight is 404 g/mol. The maximum atomic E-state index is 12.9. The Kier molecular flexibility index (Phi) is 5.61. The van der Waals surface area contributed by atoms with E-state index in [-0.39, 0.29) is 17.7 Å². The number of nitrogens with one attached hydrogen (secondary N) is 1. The van der Waals surface area contributed by atoms with Gasteiger partial charge in [0.2, 0.25) is 17.6 Å². The molecule has 1 aliphatic heterocycles. The summed E-state index contributed by atoms with van der Waals surface area (Å²) in [7, 11) is 0. The fourth-order valence-electron chi connectivity index (χ4n) is 3.70. The summed E-state index contributed by atoms with van der Waals surface area (Å²) >= 11 is 0. The van der Waals surface area contributed by atoms with Gasteiger partial charge in [-0.2, -0.15) is 4.98 Å². The van der Waals surface area contributed by atoms with Gasteiger partial charge in [-0.1, -0.05) is 41.6 Å². The zero-order valence-corrected chi connectivity index (χ0v) is 17.1. The van der Waals surface area contributed by atoms with Gasteiger partial charge in [-0.25, -0.2) is 0 Å². The van der Waals surface area contributed by atoms with Crippen molar-refractivity contribution in [2.45, 2.75) is 32.6 Å². The third-order valence-corrected chi connectivity index (χ3v) is 5.40. The molecule has 2 aromatic carbocycles. The summed E-state index contributed by atoms with van der Waals surface area (Å²) < 4.78 is 5.50. The average Bonchev–Trinajstić information content (AvgIpc) is 3.26. The van der Waals surface area contributed by atoms with Crippen molar-refractivity contribution >= 4 is 17.5 Å². The van der Waals surface area contributed by atoms with Gasteiger partial charge in [0.25, 0.3) is 5.91 Å². The molecule has 4 rings (SSSR count). The van der Waals surface area contributed by atoms with E-state index in [1.54, 1.807) is 12.1 Å². The number of aryl methyl sites for hydroxylation is 1. The largest absolute Gasteiger partial charge is 0.339 e. The topological polar surface area (TPSA) is 88.3 Å². The SMILES string of the molecule is CC(=O)Nc1cc(C(=O)N2CCC(c3nc(-c4ccccc4)no3)CC2)ccc1C. The molecule has 1 aromatic heterocycles. The van der Waals surface area contributed by atoms with E-state index >= 15 is 0 Å². The molecule has 0 spiro atoms. The summed E-state index contributed by atoms with van der Waals surface area (Å²) in [5.74, 6) is 1.18. The highest BCUT2D eigenvalue weighted by molar-refractivity contribution is 5.97. The number of amides is 2. The van der Waals surface area contributed by atoms with Crippen molar-refractivity contribution in [3.05, 3.63) is 65.5 Å². The summed E-state index contributed by atoms with van der Waals surface area (Å²) in [5, 5.41) is 6.88. The van der Waals surface area contributed by atoms with E-state index in [0.29, 0.717) is 36.1 Å². The lowest BCUT2D eigenvalue weighted by Crippen LogP contribution is -2.38. The summed E-state index contributed by atoms with van der Waals surface area (Å²) in [6, 6.07) is 15.1. The number of piperidine rings is 1. The maximum Gasteiger partial charge on any atom is 0.253 e. The molecule has 30 heavy (non-hydrogen) atoms. The van der Waals surface area contributed by atoms with Gasteiger partial charge in [0.05, 0.1) is 0 Å². The van der Waals surface area contributed by atoms with Crippen LogP contribution in [-0.2, 0) is 4.79 Å². The highest BCUT2D eigenvalue weighted by Crippen LogP contribution is 2.29. The number of nitrogens with zero attached hydrogens (tertiary/aromatic N) is 3. The normalized spacial score (nSPS) is 14.5. The first-order valence-electron chi connectivity index (χ1n) is 10.1. The number of anilines is 1. The van der Waals surface area contributed by atoms with Gasteiger partial charge in [-0.15, -0.1) is 0 Å². The minimum absolute atomic E-state index is 0.0319. The van der Waals surface area contributed by atoms with Gasteiger partial charge in [0.15, 0.2) is 0 Å². The first kappa shape index (κ1) is 19.8. The number of rotatable bonds is 4. The Labute approximate surface area is 175 Å². The second-order valence-corrected chi connectivity index (χ2v) is 7.60. The van der Waals surface area contributed by atoms with Gasteiger partial charge in [0, 0.05) is 42.7 Å². The molecule has 0 radical (unpaired) electrons. The molecule has 0 atom stereocenters. The van der Waals surface area contributed by atoms with Crippen molar-refractivity contribution in [2.24, 2.45) is 0 Å². The Bertz CT molecular complexity index is 1050. The van der Waals surface area contributed by atoms with Crippen molar-refractivity contribution in [3.63, 3.8) is 0 Å². The molecule has 0 bridgehead atoms. The molecule has 1 aliphatic rings. The monoisotopic (exact) mass is 404 g/mol. The van der Waals surface area contributed by atoms with Crippen LogP contribution in [0.4, 0.5) is 5.69 Å². The number of hydrogen-bond donors (Lipinski definition) is 1. The van der Waals surface area contributed by atoms with E-state index in [9.17, 15) is 9.59 Å². The fourth-order valence-corrected chi connectivity index (χ4v) is 3.70. The lowest BCUT2D eigenvalue weighted by molar-refractivity contribution is -0.114. The molecule has 2 heterocycles. The van der Waals surface area contributed by atoms with Crippen LogP contribution in [0.2, 0.25) is 0 Å². The Balaban J connectivity index is 1.41. The third-order valence-electron chi connectivity index (χ3n) is 5.40. The Morgan fingerprint density at radius 3 is 2.53 bits per heavy atom. The molecule has 7 nitrogen and oxygen atoms in total. The number of carbonyl (C=O) groups excluding carboxylic acids is 2. The van der Waals surface area contributed by atoms with Gasteiger partial charge < -0.3 is 14.7 Å². The van der Waals surface area contributed by atoms with E-state index in [2.05, 4.69) is 15.5 Å². The Morgan fingerprint density at radius 2 is 1.83 bits per heavy atom. The van der Waals surface area contributed by atoms with Crippen LogP contribution in [0.1, 0.15) is 47.5 Å². The molecular formula is C23H24N4O3. The first-order chi connectivity index (χ1) is 14.5. The number of likely N-dealkylation sites (tertiary alicyclic amines) is 1. The van der Waals surface area contributed by atoms with Crippen molar-refractivity contribution in [1.29, 1.82) is 0 Å². The van der Waals surface area contributed by atoms with Crippen LogP contribution in [0, 0.1) is 6.92 Å². The van der Waals surface area contributed by atoms with E-state index < -0.39 is 0 Å². The van der Waals surface area contributed by atoms with Crippen LogP contribution >= 0.6 is 0 Å². The smallest absolute Gasteiger partial charge is 0.253 e. The number of hydrogen-bond acceptors (Lipinski definition) is 5. The molecule has 1 saturated heterocycles. The lowest BCUT2D eigenvalue weighted by Gasteiger charge is -2.30. The summed E-state index contributed by atoms with van der Waals surface area (Å²) in [5.41, 5.74) is 3.09. The Hall–Kier alpha value is -3.48. The zero-order chi connectivity index (χ0) is 21.1. The van der Waals surface area contributed by atoms with E-state index in [0.717, 1.165) is 24.0 Å². The molecule has 2 amide bonds. The molecule has 1 fully saturated rings. The second-order valence-electron chi connectivity index (χ2n) is 7.60. The Morgan fingerprint density at radius 1 is 1.10 bits per heavy atom. The fraction of sp³-hybridized carbons (Fsp3) is 0.304. The van der Waals surface area contributed by atoms with Gasteiger partial charge in [-0.3, -0.25) is 9.59 Å². The molecule has 0 saturated carbocycles. The minimum atomic E-state index is -0.155. The van der Waals surface area contributed by atoms with Crippen molar-refractivity contribution < 1.29 is 14.1 Å². The highest BCUT2D eigenvalue weighted by Gasteiger charge is 2.28. The third kappa shape index (κ3) is 4.25. The maximum absolute atomic E-state index is 12.9. The highest BCUT2D eigenvalue weighted by atomic mass is 16.5. The van der Waals surface area contributed by atoms with Crippen LogP contribution in [0.3, 0.4) is 0 Å². The second kappa shape index (κ2) is 8.49. The van der Waals surface area contributed by atoms with Crippen LogP contribution < -0.4 is 5.32 Å². The zero-order valence-electron chi connectivity index (χ0n) is 17.1. The summed E-state index contributed by atoms with van der Waals surface area (Å²) in [4.78, 5) is 30.7. The number of aromatic nitrogens is 2. The number of carbonyl (C=O) groups is 2. The van der Waals surface area contributed by atoms with Crippen LogP contribution in [0.25, 0.3) is 11.4 Å². The van der Waals surface area contributed by atoms with Crippen LogP contribution in [-0.4, -0.2) is 39.9 Å². The standard InChI is InChI=1S/C23H24N4O3/c1-15-8-9-19(14-20(15)24-16(2)28)23(29)27-12-10-18(11-13-27)22-25-21(26-30-22)17-6-4-3-5-7-17/h3-9,14,18H,10-13H2,1-2H3,(H,24,28). The molecular weight excluding hydrogens is 380 g/mol. The molecule has 0 unspecified atom stereocenters. The lowest BCUT2D eigenvalue weighted by atomic mass is 9.96. The van der Waals surface area contributed by atoms with Crippen molar-refractivity contribution in [3.8, 4) is 11.4 Å². The van der Waals surface area contributed by atoms with Crippen LogP contribution in [0.5, 0.6) is 0 Å². The molecule has 154 valence electrons. The molecule has 3 aromatic rings. The van der Waals surface area contributed by atoms with E-state index in [4.69, 9.17) is 4.52 Å². The molecule has 1 N–H and O–H groups in total. The van der Waals surface area contributed by atoms with Gasteiger partial charge >= 0.3 is 0 Å². The number of benzene rings is 2. The van der Waals surface area contributed by atoms with E-state index in [1.165, 1.54) is 6.92 Å². The predicted octanol–water partition coefficient (Wildman–Crippen LogP) is 4.02. The predicted molar refractivity (Wildman–Crippen MR) is 113 cm³/mol. The van der Waals surface area contributed by atoms with Crippen LogP contribution in [0.15, 0.2) is 53.1 Å². The minimum Gasteiger partial charge on any atom is -0.339 e. The van der Waals surface area contributed by atoms with Crippen molar-refractivity contribution in [2.75, 3.05) is 18.4 Å². The van der Waals surface area contributed by atoms with E-state index in [1.807, 2.05) is 48.2 Å². The van der Waals surface area contributed by atoms with Crippen molar-refractivity contribution in [1.82, 2.24) is 15.0 Å². The summed E-state index contributed by atoms with van der Waals surface area (Å²) in [6.45, 7) is 4.60. The summed E-state index contributed by atoms with van der Waals surface area (Å²) in [6.07, 6.45) is 1.54. The first-order valence-corrected chi connectivity index (χ1v) is 10.1. The quantitative estimate of drug-likeness (QED) is 0.709. The van der Waals surface area contributed by atoms with Gasteiger partial charge in [-0.05, 0) is 37.5 Å².